The van der Waals surface area contributed by atoms with Crippen molar-refractivity contribution in [2.45, 2.75) is 26.3 Å². The summed E-state index contributed by atoms with van der Waals surface area (Å²) in [6, 6.07) is 13.4. The zero-order chi connectivity index (χ0) is 16.8. The highest BCUT2D eigenvalue weighted by Gasteiger charge is 2.17. The number of nitrogens with one attached hydrogen (secondary N) is 2. The molecule has 2 rings (SSSR count). The molecule has 0 radical (unpaired) electrons. The number of carbonyl (C=O) groups excluding carboxylic acids is 2. The fraction of sp³-hybridized carbons (Fsp3) is 0.222. The number of halogens is 1. The van der Waals surface area contributed by atoms with Gasteiger partial charge < -0.3 is 10.6 Å². The molecule has 2 aromatic rings. The summed E-state index contributed by atoms with van der Waals surface area (Å²) < 4.78 is 13.5. The van der Waals surface area contributed by atoms with E-state index in [1.54, 1.807) is 19.1 Å². The van der Waals surface area contributed by atoms with E-state index < -0.39 is 6.04 Å². The molecular weight excluding hydrogens is 295 g/mol. The Hall–Kier alpha value is -2.69. The van der Waals surface area contributed by atoms with Crippen molar-refractivity contribution in [3.05, 3.63) is 65.5 Å². The van der Waals surface area contributed by atoms with Crippen molar-refractivity contribution >= 4 is 17.5 Å². The van der Waals surface area contributed by atoms with E-state index in [2.05, 4.69) is 10.6 Å². The third kappa shape index (κ3) is 4.92. The van der Waals surface area contributed by atoms with Gasteiger partial charge >= 0.3 is 0 Å². The van der Waals surface area contributed by atoms with Crippen LogP contribution in [0.25, 0.3) is 0 Å². The summed E-state index contributed by atoms with van der Waals surface area (Å²) in [6.45, 7) is 3.06. The molecule has 0 saturated carbocycles. The number of anilines is 1. The van der Waals surface area contributed by atoms with Gasteiger partial charge in [0.05, 0.1) is 12.5 Å². The molecular formula is C18H19FN2O2. The van der Waals surface area contributed by atoms with E-state index in [4.69, 9.17) is 0 Å². The molecule has 120 valence electrons. The Balaban J connectivity index is 2.08. The first-order chi connectivity index (χ1) is 11.0. The number of rotatable bonds is 5. The summed E-state index contributed by atoms with van der Waals surface area (Å²) in [5.74, 6) is -0.881. The zero-order valence-electron chi connectivity index (χ0n) is 13.1. The van der Waals surface area contributed by atoms with E-state index in [1.165, 1.54) is 13.0 Å². The Morgan fingerprint density at radius 3 is 2.43 bits per heavy atom. The molecule has 0 bridgehead atoms. The monoisotopic (exact) mass is 314 g/mol. The minimum absolute atomic E-state index is 0.0685. The van der Waals surface area contributed by atoms with Gasteiger partial charge in [-0.2, -0.15) is 0 Å². The van der Waals surface area contributed by atoms with Crippen molar-refractivity contribution in [3.8, 4) is 0 Å². The van der Waals surface area contributed by atoms with Gasteiger partial charge in [0.15, 0.2) is 0 Å². The number of hydrogen-bond acceptors (Lipinski definition) is 2. The molecule has 2 amide bonds. The Labute approximate surface area is 134 Å². The van der Waals surface area contributed by atoms with Crippen LogP contribution in [-0.4, -0.2) is 11.8 Å². The maximum atomic E-state index is 13.5. The molecule has 1 atom stereocenters. The summed E-state index contributed by atoms with van der Waals surface area (Å²) in [6.07, 6.45) is 0.0685. The number of benzene rings is 2. The number of aryl methyl sites for hydroxylation is 1. The lowest BCUT2D eigenvalue weighted by Gasteiger charge is -2.18. The van der Waals surface area contributed by atoms with Crippen molar-refractivity contribution in [3.63, 3.8) is 0 Å². The maximum Gasteiger partial charge on any atom is 0.226 e. The highest BCUT2D eigenvalue weighted by Crippen LogP contribution is 2.19. The van der Waals surface area contributed by atoms with Gasteiger partial charge in [-0.3, -0.25) is 9.59 Å². The molecule has 0 spiro atoms. The van der Waals surface area contributed by atoms with Crippen molar-refractivity contribution in [1.82, 2.24) is 5.32 Å². The van der Waals surface area contributed by atoms with E-state index >= 15 is 0 Å². The lowest BCUT2D eigenvalue weighted by molar-refractivity contribution is -0.120. The second-order valence-corrected chi connectivity index (χ2v) is 5.38. The van der Waals surface area contributed by atoms with Gasteiger partial charge in [0.1, 0.15) is 5.82 Å². The first-order valence-electron chi connectivity index (χ1n) is 7.34. The third-order valence-corrected chi connectivity index (χ3v) is 3.42. The molecule has 0 heterocycles. The molecule has 0 fully saturated rings. The van der Waals surface area contributed by atoms with E-state index in [0.717, 1.165) is 5.56 Å². The normalized spacial score (nSPS) is 11.6. The summed E-state index contributed by atoms with van der Waals surface area (Å²) in [5.41, 5.74) is 1.75. The molecule has 0 saturated heterocycles. The van der Waals surface area contributed by atoms with Crippen LogP contribution in [0.2, 0.25) is 0 Å². The van der Waals surface area contributed by atoms with Gasteiger partial charge in [0.2, 0.25) is 11.8 Å². The Bertz CT molecular complexity index is 701. The van der Waals surface area contributed by atoms with Crippen LogP contribution >= 0.6 is 0 Å². The van der Waals surface area contributed by atoms with Gasteiger partial charge in [0.25, 0.3) is 0 Å². The van der Waals surface area contributed by atoms with Crippen LogP contribution in [0.5, 0.6) is 0 Å². The van der Waals surface area contributed by atoms with Gasteiger partial charge in [-0.05, 0) is 30.2 Å². The average molecular weight is 314 g/mol. The molecule has 2 aromatic carbocycles. The van der Waals surface area contributed by atoms with Gasteiger partial charge in [-0.15, -0.1) is 0 Å². The molecule has 4 nitrogen and oxygen atoms in total. The Kier molecular flexibility index (Phi) is 5.46. The zero-order valence-corrected chi connectivity index (χ0v) is 13.1. The van der Waals surface area contributed by atoms with E-state index in [1.807, 2.05) is 30.3 Å². The average Bonchev–Trinajstić information content (AvgIpc) is 2.51. The standard InChI is InChI=1S/C18H19FN2O2/c1-12-8-9-15(10-16(12)19)21-18(23)11-17(20-13(2)22)14-6-4-3-5-7-14/h3-10,17H,11H2,1-2H3,(H,20,22)(H,21,23). The molecule has 1 unspecified atom stereocenters. The molecule has 2 N–H and O–H groups in total. The van der Waals surface area contributed by atoms with Crippen LogP contribution in [0.1, 0.15) is 30.5 Å². The van der Waals surface area contributed by atoms with Crippen molar-refractivity contribution < 1.29 is 14.0 Å². The fourth-order valence-electron chi connectivity index (χ4n) is 2.25. The lowest BCUT2D eigenvalue weighted by Crippen LogP contribution is -2.29. The highest BCUT2D eigenvalue weighted by molar-refractivity contribution is 5.91. The van der Waals surface area contributed by atoms with Crippen LogP contribution < -0.4 is 10.6 Å². The second kappa shape index (κ2) is 7.54. The van der Waals surface area contributed by atoms with E-state index in [-0.39, 0.29) is 24.1 Å². The molecule has 5 heteroatoms. The fourth-order valence-corrected chi connectivity index (χ4v) is 2.25. The van der Waals surface area contributed by atoms with Crippen molar-refractivity contribution in [2.24, 2.45) is 0 Å². The summed E-state index contributed by atoms with van der Waals surface area (Å²) in [5, 5.41) is 5.41. The van der Waals surface area contributed by atoms with Crippen LogP contribution in [0.15, 0.2) is 48.5 Å². The second-order valence-electron chi connectivity index (χ2n) is 5.38. The third-order valence-electron chi connectivity index (χ3n) is 3.42. The predicted molar refractivity (Wildman–Crippen MR) is 87.4 cm³/mol. The van der Waals surface area contributed by atoms with E-state index in [9.17, 15) is 14.0 Å². The van der Waals surface area contributed by atoms with Gasteiger partial charge in [0, 0.05) is 12.6 Å². The number of amides is 2. The SMILES string of the molecule is CC(=O)NC(CC(=O)Nc1ccc(C)c(F)c1)c1ccccc1. The lowest BCUT2D eigenvalue weighted by atomic mass is 10.0. The maximum absolute atomic E-state index is 13.5. The first kappa shape index (κ1) is 16.7. The summed E-state index contributed by atoms with van der Waals surface area (Å²) in [4.78, 5) is 23.5. The van der Waals surface area contributed by atoms with E-state index in [0.29, 0.717) is 11.3 Å². The van der Waals surface area contributed by atoms with Crippen molar-refractivity contribution in [2.75, 3.05) is 5.32 Å². The van der Waals surface area contributed by atoms with Crippen LogP contribution in [0.3, 0.4) is 0 Å². The molecule has 23 heavy (non-hydrogen) atoms. The Morgan fingerprint density at radius 2 is 1.83 bits per heavy atom. The largest absolute Gasteiger partial charge is 0.349 e. The quantitative estimate of drug-likeness (QED) is 0.889. The van der Waals surface area contributed by atoms with Crippen LogP contribution in [-0.2, 0) is 9.59 Å². The minimum atomic E-state index is -0.427. The topological polar surface area (TPSA) is 58.2 Å². The first-order valence-corrected chi connectivity index (χ1v) is 7.34. The van der Waals surface area contributed by atoms with Crippen molar-refractivity contribution in [1.29, 1.82) is 0 Å². The Morgan fingerprint density at radius 1 is 1.13 bits per heavy atom. The van der Waals surface area contributed by atoms with Crippen LogP contribution in [0, 0.1) is 12.7 Å². The summed E-state index contributed by atoms with van der Waals surface area (Å²) >= 11 is 0. The van der Waals surface area contributed by atoms with Gasteiger partial charge in [-0.25, -0.2) is 4.39 Å². The number of hydrogen-bond donors (Lipinski definition) is 2. The van der Waals surface area contributed by atoms with Crippen LogP contribution in [0.4, 0.5) is 10.1 Å². The molecule has 0 aliphatic carbocycles. The highest BCUT2D eigenvalue weighted by atomic mass is 19.1. The van der Waals surface area contributed by atoms with Gasteiger partial charge in [-0.1, -0.05) is 36.4 Å². The molecule has 0 aliphatic heterocycles. The smallest absolute Gasteiger partial charge is 0.226 e. The predicted octanol–water partition coefficient (Wildman–Crippen LogP) is 3.34. The molecule has 0 aromatic heterocycles. The number of carbonyl (C=O) groups is 2. The molecule has 0 aliphatic rings. The summed E-state index contributed by atoms with van der Waals surface area (Å²) in [7, 11) is 0. The minimum Gasteiger partial charge on any atom is -0.349 e.